The van der Waals surface area contributed by atoms with Gasteiger partial charge in [0.15, 0.2) is 0 Å². The van der Waals surface area contributed by atoms with Gasteiger partial charge in [-0.1, -0.05) is 54.3 Å². The van der Waals surface area contributed by atoms with Gasteiger partial charge < -0.3 is 4.57 Å². The molecule has 1 amide bonds. The summed E-state index contributed by atoms with van der Waals surface area (Å²) >= 11 is 6.83. The van der Waals surface area contributed by atoms with Crippen molar-refractivity contribution in [3.63, 3.8) is 0 Å². The molecule has 6 heteroatoms. The molecule has 0 atom stereocenters. The quantitative estimate of drug-likeness (QED) is 0.458. The standard InChI is InChI=1S/C22H19N3OS2/c1-15-11-18(16(2)25(15)19-9-6-10-23-13-19)12-20-21(26)24(22(27)28-20)14-17-7-4-3-5-8-17/h3-13H,14H2,1-2H3/b20-12-. The number of carbonyl (C=O) groups is 1. The second-order valence-electron chi connectivity index (χ2n) is 6.63. The van der Waals surface area contributed by atoms with E-state index in [1.807, 2.05) is 54.7 Å². The molecule has 2 aromatic heterocycles. The molecule has 1 aliphatic rings. The van der Waals surface area contributed by atoms with E-state index in [4.69, 9.17) is 12.2 Å². The molecular weight excluding hydrogens is 386 g/mol. The summed E-state index contributed by atoms with van der Waals surface area (Å²) in [5.74, 6) is -0.0370. The fourth-order valence-corrected chi connectivity index (χ4v) is 4.61. The maximum Gasteiger partial charge on any atom is 0.266 e. The van der Waals surface area contributed by atoms with Gasteiger partial charge in [-0.2, -0.15) is 0 Å². The lowest BCUT2D eigenvalue weighted by Gasteiger charge is -2.14. The third kappa shape index (κ3) is 3.53. The van der Waals surface area contributed by atoms with Crippen molar-refractivity contribution in [3.05, 3.63) is 88.3 Å². The number of benzene rings is 1. The molecule has 0 radical (unpaired) electrons. The average molecular weight is 406 g/mol. The van der Waals surface area contributed by atoms with Crippen molar-refractivity contribution in [3.8, 4) is 5.69 Å². The molecular formula is C22H19N3OS2. The number of aromatic nitrogens is 2. The minimum absolute atomic E-state index is 0.0370. The van der Waals surface area contributed by atoms with Crippen molar-refractivity contribution in [2.75, 3.05) is 0 Å². The van der Waals surface area contributed by atoms with Crippen LogP contribution in [0.4, 0.5) is 0 Å². The van der Waals surface area contributed by atoms with Crippen LogP contribution in [0, 0.1) is 13.8 Å². The maximum atomic E-state index is 12.9. The first-order chi connectivity index (χ1) is 13.5. The molecule has 0 unspecified atom stereocenters. The number of carbonyl (C=O) groups excluding carboxylic acids is 1. The van der Waals surface area contributed by atoms with Crippen LogP contribution in [0.15, 0.2) is 65.8 Å². The summed E-state index contributed by atoms with van der Waals surface area (Å²) < 4.78 is 2.74. The van der Waals surface area contributed by atoms with Gasteiger partial charge in [0.25, 0.3) is 5.91 Å². The summed E-state index contributed by atoms with van der Waals surface area (Å²) in [7, 11) is 0. The predicted molar refractivity (Wildman–Crippen MR) is 118 cm³/mol. The zero-order valence-corrected chi connectivity index (χ0v) is 17.3. The summed E-state index contributed by atoms with van der Waals surface area (Å²) in [5.41, 5.74) is 5.25. The maximum absolute atomic E-state index is 12.9. The Labute approximate surface area is 173 Å². The van der Waals surface area contributed by atoms with Crippen molar-refractivity contribution >= 4 is 40.3 Å². The van der Waals surface area contributed by atoms with Gasteiger partial charge in [-0.25, -0.2) is 0 Å². The molecule has 3 aromatic rings. The highest BCUT2D eigenvalue weighted by atomic mass is 32.2. The number of hydrogen-bond acceptors (Lipinski definition) is 4. The summed E-state index contributed by atoms with van der Waals surface area (Å²) in [6.45, 7) is 4.60. The number of rotatable bonds is 4. The molecule has 3 heterocycles. The Bertz CT molecular complexity index is 1070. The molecule has 4 rings (SSSR count). The van der Waals surface area contributed by atoms with Crippen molar-refractivity contribution in [2.45, 2.75) is 20.4 Å². The zero-order valence-electron chi connectivity index (χ0n) is 15.6. The van der Waals surface area contributed by atoms with Crippen LogP contribution in [-0.2, 0) is 11.3 Å². The van der Waals surface area contributed by atoms with E-state index >= 15 is 0 Å². The lowest BCUT2D eigenvalue weighted by Crippen LogP contribution is -2.27. The summed E-state index contributed by atoms with van der Waals surface area (Å²) in [6.07, 6.45) is 5.54. The highest BCUT2D eigenvalue weighted by Crippen LogP contribution is 2.34. The zero-order chi connectivity index (χ0) is 19.7. The van der Waals surface area contributed by atoms with Gasteiger partial charge in [-0.05, 0) is 49.2 Å². The molecule has 1 fully saturated rings. The van der Waals surface area contributed by atoms with Crippen molar-refractivity contribution in [2.24, 2.45) is 0 Å². The average Bonchev–Trinajstić information content (AvgIpc) is 3.13. The van der Waals surface area contributed by atoms with E-state index in [-0.39, 0.29) is 5.91 Å². The highest BCUT2D eigenvalue weighted by molar-refractivity contribution is 8.26. The Morgan fingerprint density at radius 3 is 2.64 bits per heavy atom. The lowest BCUT2D eigenvalue weighted by atomic mass is 10.2. The van der Waals surface area contributed by atoms with Crippen LogP contribution in [0.5, 0.6) is 0 Å². The van der Waals surface area contributed by atoms with Crippen molar-refractivity contribution < 1.29 is 4.79 Å². The normalized spacial score (nSPS) is 15.6. The third-order valence-electron chi connectivity index (χ3n) is 4.72. The van der Waals surface area contributed by atoms with E-state index in [0.29, 0.717) is 15.8 Å². The lowest BCUT2D eigenvalue weighted by molar-refractivity contribution is -0.122. The molecule has 28 heavy (non-hydrogen) atoms. The van der Waals surface area contributed by atoms with Crippen LogP contribution < -0.4 is 0 Å². The molecule has 0 N–H and O–H groups in total. The number of nitrogens with zero attached hydrogens (tertiary/aromatic N) is 3. The Hall–Kier alpha value is -2.70. The van der Waals surface area contributed by atoms with E-state index in [1.54, 1.807) is 11.1 Å². The number of pyridine rings is 1. The molecule has 4 nitrogen and oxygen atoms in total. The predicted octanol–water partition coefficient (Wildman–Crippen LogP) is 4.89. The number of aryl methyl sites for hydroxylation is 1. The fourth-order valence-electron chi connectivity index (χ4n) is 3.36. The largest absolute Gasteiger partial charge is 0.316 e. The molecule has 1 aliphatic heterocycles. The smallest absolute Gasteiger partial charge is 0.266 e. The molecule has 1 saturated heterocycles. The monoisotopic (exact) mass is 405 g/mol. The van der Waals surface area contributed by atoms with Gasteiger partial charge in [0, 0.05) is 17.6 Å². The fraction of sp³-hybridized carbons (Fsp3) is 0.136. The van der Waals surface area contributed by atoms with Gasteiger partial charge in [-0.15, -0.1) is 0 Å². The van der Waals surface area contributed by atoms with E-state index in [2.05, 4.69) is 29.5 Å². The molecule has 0 aliphatic carbocycles. The van der Waals surface area contributed by atoms with Crippen LogP contribution in [0.1, 0.15) is 22.5 Å². The van der Waals surface area contributed by atoms with E-state index in [9.17, 15) is 4.79 Å². The van der Waals surface area contributed by atoms with Crippen LogP contribution >= 0.6 is 24.0 Å². The van der Waals surface area contributed by atoms with E-state index < -0.39 is 0 Å². The molecule has 1 aromatic carbocycles. The first-order valence-corrected chi connectivity index (χ1v) is 10.2. The summed E-state index contributed by atoms with van der Waals surface area (Å²) in [5, 5.41) is 0. The summed E-state index contributed by atoms with van der Waals surface area (Å²) in [4.78, 5) is 19.5. The van der Waals surface area contributed by atoms with Crippen molar-refractivity contribution in [1.82, 2.24) is 14.5 Å². The minimum atomic E-state index is -0.0370. The number of hydrogen-bond donors (Lipinski definition) is 0. The summed E-state index contributed by atoms with van der Waals surface area (Å²) in [6, 6.07) is 15.9. The first kappa shape index (κ1) is 18.7. The van der Waals surface area contributed by atoms with Crippen LogP contribution in [0.3, 0.4) is 0 Å². The van der Waals surface area contributed by atoms with Crippen LogP contribution in [-0.4, -0.2) is 24.7 Å². The van der Waals surface area contributed by atoms with Crippen LogP contribution in [0.25, 0.3) is 11.8 Å². The molecule has 0 saturated carbocycles. The second kappa shape index (κ2) is 7.73. The van der Waals surface area contributed by atoms with Crippen molar-refractivity contribution in [1.29, 1.82) is 0 Å². The number of amides is 1. The molecule has 0 bridgehead atoms. The Kier molecular flexibility index (Phi) is 5.15. The van der Waals surface area contributed by atoms with E-state index in [1.165, 1.54) is 11.8 Å². The molecule has 0 spiro atoms. The Balaban J connectivity index is 1.63. The van der Waals surface area contributed by atoms with Gasteiger partial charge >= 0.3 is 0 Å². The highest BCUT2D eigenvalue weighted by Gasteiger charge is 2.32. The Morgan fingerprint density at radius 1 is 1.14 bits per heavy atom. The topological polar surface area (TPSA) is 38.1 Å². The van der Waals surface area contributed by atoms with Gasteiger partial charge in [0.2, 0.25) is 0 Å². The first-order valence-electron chi connectivity index (χ1n) is 8.93. The van der Waals surface area contributed by atoms with Gasteiger partial charge in [0.1, 0.15) is 4.32 Å². The number of thiocarbonyl (C=S) groups is 1. The van der Waals surface area contributed by atoms with E-state index in [0.717, 1.165) is 28.2 Å². The minimum Gasteiger partial charge on any atom is -0.316 e. The SMILES string of the molecule is Cc1cc(/C=C2\SC(=S)N(Cc3ccccc3)C2=O)c(C)n1-c1cccnc1. The van der Waals surface area contributed by atoms with Gasteiger partial charge in [-0.3, -0.25) is 14.7 Å². The second-order valence-corrected chi connectivity index (χ2v) is 8.30. The van der Waals surface area contributed by atoms with Gasteiger partial charge in [0.05, 0.1) is 23.3 Å². The Morgan fingerprint density at radius 2 is 1.93 bits per heavy atom. The van der Waals surface area contributed by atoms with Crippen LogP contribution in [0.2, 0.25) is 0 Å². The molecule has 140 valence electrons. The number of thioether (sulfide) groups is 1. The third-order valence-corrected chi connectivity index (χ3v) is 6.10.